The van der Waals surface area contributed by atoms with Crippen LogP contribution in [-0.2, 0) is 14.3 Å². The van der Waals surface area contributed by atoms with E-state index >= 15 is 0 Å². The van der Waals surface area contributed by atoms with Gasteiger partial charge in [0.2, 0.25) is 0 Å². The highest BCUT2D eigenvalue weighted by atomic mass is 32.2. The molecule has 1 aromatic carbocycles. The van der Waals surface area contributed by atoms with Crippen molar-refractivity contribution in [1.82, 2.24) is 4.90 Å². The van der Waals surface area contributed by atoms with Gasteiger partial charge in [0.1, 0.15) is 12.3 Å². The minimum atomic E-state index is -0.633. The van der Waals surface area contributed by atoms with E-state index in [4.69, 9.17) is 4.74 Å². The first-order valence-corrected chi connectivity index (χ1v) is 8.60. The minimum absolute atomic E-state index is 0.247. The molecule has 1 saturated heterocycles. The zero-order valence-corrected chi connectivity index (χ0v) is 15.7. The first-order chi connectivity index (χ1) is 11.8. The molecule has 0 spiro atoms. The van der Waals surface area contributed by atoms with Gasteiger partial charge in [-0.25, -0.2) is 0 Å². The number of ether oxygens (including phenoxy) is 2. The van der Waals surface area contributed by atoms with E-state index in [2.05, 4.69) is 18.6 Å². The van der Waals surface area contributed by atoms with E-state index in [-0.39, 0.29) is 17.4 Å². The molecule has 134 valence electrons. The lowest BCUT2D eigenvalue weighted by molar-refractivity contribution is -0.143. The number of carbonyl (C=O) groups is 3. The topological polar surface area (TPSA) is 72.9 Å². The Morgan fingerprint density at radius 2 is 1.96 bits per heavy atom. The number of hydrogen-bond acceptors (Lipinski definition) is 6. The van der Waals surface area contributed by atoms with Crippen LogP contribution in [0.1, 0.15) is 36.5 Å². The molecule has 6 nitrogen and oxygen atoms in total. The number of hydrogen-bond donors (Lipinski definition) is 0. The maximum Gasteiger partial charge on any atom is 0.325 e. The zero-order valence-electron chi connectivity index (χ0n) is 14.9. The molecule has 0 N–H and O–H groups in total. The van der Waals surface area contributed by atoms with Gasteiger partial charge in [0.15, 0.2) is 0 Å². The molecule has 2 amide bonds. The van der Waals surface area contributed by atoms with E-state index in [9.17, 15) is 14.4 Å². The normalized spacial score (nSPS) is 16.1. The van der Waals surface area contributed by atoms with E-state index in [1.54, 1.807) is 13.2 Å². The zero-order chi connectivity index (χ0) is 18.7. The van der Waals surface area contributed by atoms with Crippen LogP contribution in [-0.4, -0.2) is 42.8 Å². The molecule has 0 aliphatic carbocycles. The summed E-state index contributed by atoms with van der Waals surface area (Å²) in [5.41, 5.74) is 2.79. The number of benzene rings is 1. The summed E-state index contributed by atoms with van der Waals surface area (Å²) in [7, 11) is 2.84. The lowest BCUT2D eigenvalue weighted by Gasteiger charge is -2.15. The van der Waals surface area contributed by atoms with Crippen LogP contribution in [0.25, 0.3) is 6.08 Å². The van der Waals surface area contributed by atoms with E-state index in [1.165, 1.54) is 7.11 Å². The third-order valence-corrected chi connectivity index (χ3v) is 4.82. The molecule has 1 aliphatic heterocycles. The average Bonchev–Trinajstić information content (AvgIpc) is 2.83. The standard InChI is InChI=1S/C18H21NO5S/c1-10(2)13-7-12(11(3)6-14(13)23-4)8-15-17(21)19(18(22)25-15)9-16(20)24-5/h6-8,10H,9H2,1-5H3. The summed E-state index contributed by atoms with van der Waals surface area (Å²) in [4.78, 5) is 36.9. The van der Waals surface area contributed by atoms with E-state index in [0.717, 1.165) is 39.1 Å². The summed E-state index contributed by atoms with van der Waals surface area (Å²) in [6.45, 7) is 5.65. The summed E-state index contributed by atoms with van der Waals surface area (Å²) in [6, 6.07) is 3.88. The summed E-state index contributed by atoms with van der Waals surface area (Å²) in [5.74, 6) is -0.0754. The van der Waals surface area contributed by atoms with Gasteiger partial charge in [-0.3, -0.25) is 19.3 Å². The summed E-state index contributed by atoms with van der Waals surface area (Å²) >= 11 is 0.822. The Labute approximate surface area is 151 Å². The molecule has 25 heavy (non-hydrogen) atoms. The van der Waals surface area contributed by atoms with Gasteiger partial charge in [-0.05, 0) is 59.5 Å². The van der Waals surface area contributed by atoms with Gasteiger partial charge >= 0.3 is 5.97 Å². The fraction of sp³-hybridized carbons (Fsp3) is 0.389. The predicted molar refractivity (Wildman–Crippen MR) is 96.5 cm³/mol. The quantitative estimate of drug-likeness (QED) is 0.590. The van der Waals surface area contributed by atoms with Crippen molar-refractivity contribution in [3.63, 3.8) is 0 Å². The lowest BCUT2D eigenvalue weighted by atomic mass is 9.96. The SMILES string of the molecule is COC(=O)CN1C(=O)SC(=Cc2cc(C(C)C)c(OC)cc2C)C1=O. The van der Waals surface area contributed by atoms with Crippen molar-refractivity contribution < 1.29 is 23.9 Å². The first kappa shape index (κ1) is 19.1. The van der Waals surface area contributed by atoms with Gasteiger partial charge in [-0.15, -0.1) is 0 Å². The molecular formula is C18H21NO5S. The van der Waals surface area contributed by atoms with Crippen LogP contribution < -0.4 is 4.74 Å². The Morgan fingerprint density at radius 1 is 1.28 bits per heavy atom. The Morgan fingerprint density at radius 3 is 2.52 bits per heavy atom. The number of nitrogens with zero attached hydrogens (tertiary/aromatic N) is 1. The van der Waals surface area contributed by atoms with Gasteiger partial charge in [-0.1, -0.05) is 13.8 Å². The number of esters is 1. The third-order valence-electron chi connectivity index (χ3n) is 3.92. The van der Waals surface area contributed by atoms with Crippen LogP contribution in [0.4, 0.5) is 4.79 Å². The molecule has 1 fully saturated rings. The molecule has 0 aromatic heterocycles. The average molecular weight is 363 g/mol. The van der Waals surface area contributed by atoms with Crippen LogP contribution in [0.5, 0.6) is 5.75 Å². The number of amides is 2. The number of methoxy groups -OCH3 is 2. The number of rotatable bonds is 5. The molecule has 1 heterocycles. The Balaban J connectivity index is 2.37. The lowest BCUT2D eigenvalue weighted by Crippen LogP contribution is -2.34. The van der Waals surface area contributed by atoms with Crippen molar-refractivity contribution in [3.8, 4) is 5.75 Å². The predicted octanol–water partition coefficient (Wildman–Crippen LogP) is 3.34. The second-order valence-electron chi connectivity index (χ2n) is 5.95. The maximum absolute atomic E-state index is 12.4. The number of thioether (sulfide) groups is 1. The fourth-order valence-corrected chi connectivity index (χ4v) is 3.30. The molecule has 0 saturated carbocycles. The summed E-state index contributed by atoms with van der Waals surface area (Å²) < 4.78 is 9.94. The van der Waals surface area contributed by atoms with Crippen molar-refractivity contribution >= 4 is 35.0 Å². The van der Waals surface area contributed by atoms with Gasteiger partial charge in [0.05, 0.1) is 19.1 Å². The van der Waals surface area contributed by atoms with E-state index < -0.39 is 17.1 Å². The molecular weight excluding hydrogens is 342 g/mol. The second-order valence-corrected chi connectivity index (χ2v) is 6.94. The number of imide groups is 1. The van der Waals surface area contributed by atoms with Crippen LogP contribution >= 0.6 is 11.8 Å². The van der Waals surface area contributed by atoms with Gasteiger partial charge < -0.3 is 9.47 Å². The molecule has 2 rings (SSSR count). The van der Waals surface area contributed by atoms with Crippen molar-refractivity contribution in [2.45, 2.75) is 26.7 Å². The van der Waals surface area contributed by atoms with Crippen molar-refractivity contribution in [2.24, 2.45) is 0 Å². The molecule has 1 aromatic rings. The first-order valence-electron chi connectivity index (χ1n) is 7.79. The highest BCUT2D eigenvalue weighted by Crippen LogP contribution is 2.35. The molecule has 7 heteroatoms. The fourth-order valence-electron chi connectivity index (χ4n) is 2.47. The molecule has 1 aliphatic rings. The van der Waals surface area contributed by atoms with Crippen molar-refractivity contribution in [2.75, 3.05) is 20.8 Å². The highest BCUT2D eigenvalue weighted by Gasteiger charge is 2.36. The molecule has 0 atom stereocenters. The van der Waals surface area contributed by atoms with Crippen LogP contribution in [0.15, 0.2) is 17.0 Å². The van der Waals surface area contributed by atoms with E-state index in [1.807, 2.05) is 19.1 Å². The van der Waals surface area contributed by atoms with Gasteiger partial charge in [-0.2, -0.15) is 0 Å². The Bertz CT molecular complexity index is 754. The number of carbonyl (C=O) groups excluding carboxylic acids is 3. The summed E-state index contributed by atoms with van der Waals surface area (Å²) in [6.07, 6.45) is 1.68. The van der Waals surface area contributed by atoms with E-state index in [0.29, 0.717) is 0 Å². The highest BCUT2D eigenvalue weighted by molar-refractivity contribution is 8.18. The summed E-state index contributed by atoms with van der Waals surface area (Å²) in [5, 5.41) is -0.475. The monoisotopic (exact) mass is 363 g/mol. The largest absolute Gasteiger partial charge is 0.496 e. The van der Waals surface area contributed by atoms with Crippen molar-refractivity contribution in [1.29, 1.82) is 0 Å². The van der Waals surface area contributed by atoms with Crippen molar-refractivity contribution in [3.05, 3.63) is 33.7 Å². The van der Waals surface area contributed by atoms with Crippen LogP contribution in [0.3, 0.4) is 0 Å². The minimum Gasteiger partial charge on any atom is -0.496 e. The smallest absolute Gasteiger partial charge is 0.325 e. The molecule has 0 bridgehead atoms. The third kappa shape index (κ3) is 4.04. The van der Waals surface area contributed by atoms with Crippen LogP contribution in [0, 0.1) is 6.92 Å². The number of aryl methyl sites for hydroxylation is 1. The molecule has 0 radical (unpaired) electrons. The molecule has 0 unspecified atom stereocenters. The van der Waals surface area contributed by atoms with Crippen LogP contribution in [0.2, 0.25) is 0 Å². The maximum atomic E-state index is 12.4. The Kier molecular flexibility index (Phi) is 5.89. The van der Waals surface area contributed by atoms with Gasteiger partial charge in [0, 0.05) is 0 Å². The van der Waals surface area contributed by atoms with Gasteiger partial charge in [0.25, 0.3) is 11.1 Å². The Hall–Kier alpha value is -2.28. The second kappa shape index (κ2) is 7.74.